The minimum absolute atomic E-state index is 0.0573. The summed E-state index contributed by atoms with van der Waals surface area (Å²) in [6, 6.07) is 12.2. The second-order valence-corrected chi connectivity index (χ2v) is 7.04. The van der Waals surface area contributed by atoms with E-state index in [2.05, 4.69) is 5.32 Å². The molecule has 132 valence electrons. The van der Waals surface area contributed by atoms with Crippen molar-refractivity contribution in [3.8, 4) is 11.5 Å². The Bertz CT molecular complexity index is 767. The van der Waals surface area contributed by atoms with Gasteiger partial charge < -0.3 is 15.0 Å². The summed E-state index contributed by atoms with van der Waals surface area (Å²) in [7, 11) is 1.93. The van der Waals surface area contributed by atoms with Crippen LogP contribution in [0.5, 0.6) is 11.5 Å². The van der Waals surface area contributed by atoms with Crippen LogP contribution in [0.2, 0.25) is 10.0 Å². The van der Waals surface area contributed by atoms with E-state index < -0.39 is 0 Å². The maximum absolute atomic E-state index is 13.0. The number of hydrogen-bond acceptors (Lipinski definition) is 3. The number of carbonyl (C=O) groups is 1. The lowest BCUT2D eigenvalue weighted by atomic mass is 10.1. The lowest BCUT2D eigenvalue weighted by molar-refractivity contribution is 0.0784. The molecule has 25 heavy (non-hydrogen) atoms. The molecule has 1 atom stereocenters. The number of halogens is 2. The third kappa shape index (κ3) is 4.46. The number of rotatable bonds is 5. The summed E-state index contributed by atoms with van der Waals surface area (Å²) in [5.74, 6) is 1.48. The summed E-state index contributed by atoms with van der Waals surface area (Å²) in [6.45, 7) is 2.39. The molecule has 4 nitrogen and oxygen atoms in total. The van der Waals surface area contributed by atoms with Gasteiger partial charge >= 0.3 is 0 Å². The van der Waals surface area contributed by atoms with E-state index in [-0.39, 0.29) is 5.91 Å². The Morgan fingerprint density at radius 2 is 2.04 bits per heavy atom. The molecule has 2 aromatic rings. The zero-order valence-corrected chi connectivity index (χ0v) is 15.5. The minimum atomic E-state index is -0.0573. The Labute approximate surface area is 157 Å². The first-order valence-electron chi connectivity index (χ1n) is 8.23. The molecular weight excluding hydrogens is 359 g/mol. The number of likely N-dealkylation sites (tertiary alicyclic amines) is 1. The molecule has 0 spiro atoms. The van der Waals surface area contributed by atoms with Gasteiger partial charge in [0.2, 0.25) is 0 Å². The van der Waals surface area contributed by atoms with Gasteiger partial charge in [0.25, 0.3) is 5.91 Å². The van der Waals surface area contributed by atoms with Gasteiger partial charge in [-0.15, -0.1) is 0 Å². The highest BCUT2D eigenvalue weighted by Crippen LogP contribution is 2.31. The van der Waals surface area contributed by atoms with Gasteiger partial charge in [0, 0.05) is 23.1 Å². The van der Waals surface area contributed by atoms with Gasteiger partial charge in [-0.05, 0) is 62.3 Å². The minimum Gasteiger partial charge on any atom is -0.456 e. The number of carbonyl (C=O) groups excluding carboxylic acids is 1. The van der Waals surface area contributed by atoms with Crippen LogP contribution in [0, 0.1) is 5.92 Å². The highest BCUT2D eigenvalue weighted by atomic mass is 35.5. The molecule has 1 unspecified atom stereocenters. The van der Waals surface area contributed by atoms with E-state index in [4.69, 9.17) is 27.9 Å². The predicted molar refractivity (Wildman–Crippen MR) is 101 cm³/mol. The van der Waals surface area contributed by atoms with Crippen LogP contribution in [0.15, 0.2) is 42.5 Å². The van der Waals surface area contributed by atoms with Gasteiger partial charge in [-0.25, -0.2) is 0 Å². The molecule has 1 saturated heterocycles. The quantitative estimate of drug-likeness (QED) is 0.834. The topological polar surface area (TPSA) is 41.6 Å². The van der Waals surface area contributed by atoms with Crippen molar-refractivity contribution in [1.29, 1.82) is 0 Å². The van der Waals surface area contributed by atoms with Gasteiger partial charge in [-0.2, -0.15) is 0 Å². The predicted octanol–water partition coefficient (Wildman–Crippen LogP) is 4.47. The number of nitrogens with zero attached hydrogens (tertiary/aromatic N) is 1. The summed E-state index contributed by atoms with van der Waals surface area (Å²) < 4.78 is 5.90. The van der Waals surface area contributed by atoms with Crippen LogP contribution in [-0.2, 0) is 0 Å². The summed E-state index contributed by atoms with van der Waals surface area (Å²) >= 11 is 12.1. The first-order chi connectivity index (χ1) is 12.1. The lowest BCUT2D eigenvalue weighted by Crippen LogP contribution is -2.30. The van der Waals surface area contributed by atoms with E-state index in [1.807, 2.05) is 11.9 Å². The number of ether oxygens (including phenoxy) is 1. The van der Waals surface area contributed by atoms with E-state index in [9.17, 15) is 4.79 Å². The standard InChI is InChI=1S/C19H20Cl2N2O2/c1-22-11-13-7-8-23(12-13)19(24)17-10-15(21)5-6-18(17)25-16-4-2-3-14(20)9-16/h2-6,9-10,13,22H,7-8,11-12H2,1H3. The smallest absolute Gasteiger partial charge is 0.257 e. The zero-order chi connectivity index (χ0) is 17.8. The van der Waals surface area contributed by atoms with E-state index in [1.54, 1.807) is 42.5 Å². The Kier molecular flexibility index (Phi) is 5.84. The fraction of sp³-hybridized carbons (Fsp3) is 0.316. The van der Waals surface area contributed by atoms with E-state index in [0.717, 1.165) is 26.1 Å². The summed E-state index contributed by atoms with van der Waals surface area (Å²) in [6.07, 6.45) is 0.998. The van der Waals surface area contributed by atoms with Gasteiger partial charge in [0.05, 0.1) is 5.56 Å². The number of hydrogen-bond donors (Lipinski definition) is 1. The molecule has 1 amide bonds. The van der Waals surface area contributed by atoms with Crippen molar-refractivity contribution in [2.75, 3.05) is 26.7 Å². The number of benzene rings is 2. The van der Waals surface area contributed by atoms with Crippen LogP contribution in [0.25, 0.3) is 0 Å². The molecule has 0 saturated carbocycles. The van der Waals surface area contributed by atoms with Crippen LogP contribution >= 0.6 is 23.2 Å². The SMILES string of the molecule is CNCC1CCN(C(=O)c2cc(Cl)ccc2Oc2cccc(Cl)c2)C1. The largest absolute Gasteiger partial charge is 0.456 e. The average molecular weight is 379 g/mol. The molecule has 1 fully saturated rings. The average Bonchev–Trinajstić information content (AvgIpc) is 3.05. The molecular formula is C19H20Cl2N2O2. The van der Waals surface area contributed by atoms with Crippen molar-refractivity contribution in [1.82, 2.24) is 10.2 Å². The highest BCUT2D eigenvalue weighted by Gasteiger charge is 2.28. The van der Waals surface area contributed by atoms with Crippen molar-refractivity contribution < 1.29 is 9.53 Å². The monoisotopic (exact) mass is 378 g/mol. The van der Waals surface area contributed by atoms with Crippen LogP contribution in [-0.4, -0.2) is 37.5 Å². The first-order valence-corrected chi connectivity index (χ1v) is 8.99. The molecule has 3 rings (SSSR count). The summed E-state index contributed by atoms with van der Waals surface area (Å²) in [4.78, 5) is 14.8. The Balaban J connectivity index is 1.83. The zero-order valence-electron chi connectivity index (χ0n) is 14.0. The van der Waals surface area contributed by atoms with Crippen LogP contribution < -0.4 is 10.1 Å². The van der Waals surface area contributed by atoms with Crippen molar-refractivity contribution >= 4 is 29.1 Å². The normalized spacial score (nSPS) is 16.9. The molecule has 2 aromatic carbocycles. The molecule has 1 aliphatic rings. The fourth-order valence-electron chi connectivity index (χ4n) is 3.06. The third-order valence-corrected chi connectivity index (χ3v) is 4.73. The van der Waals surface area contributed by atoms with Crippen LogP contribution in [0.1, 0.15) is 16.8 Å². The van der Waals surface area contributed by atoms with E-state index >= 15 is 0 Å². The Morgan fingerprint density at radius 3 is 2.80 bits per heavy atom. The third-order valence-electron chi connectivity index (χ3n) is 4.26. The van der Waals surface area contributed by atoms with E-state index in [0.29, 0.717) is 33.0 Å². The van der Waals surface area contributed by atoms with Gasteiger partial charge in [-0.1, -0.05) is 29.3 Å². The maximum atomic E-state index is 13.0. The molecule has 1 aliphatic heterocycles. The second-order valence-electron chi connectivity index (χ2n) is 6.16. The fourth-order valence-corrected chi connectivity index (χ4v) is 3.41. The van der Waals surface area contributed by atoms with Gasteiger partial charge in [-0.3, -0.25) is 4.79 Å². The molecule has 6 heteroatoms. The van der Waals surface area contributed by atoms with Crippen LogP contribution in [0.3, 0.4) is 0 Å². The Hall–Kier alpha value is -1.75. The molecule has 0 aromatic heterocycles. The second kappa shape index (κ2) is 8.09. The maximum Gasteiger partial charge on any atom is 0.257 e. The van der Waals surface area contributed by atoms with Crippen LogP contribution in [0.4, 0.5) is 0 Å². The van der Waals surface area contributed by atoms with Crippen molar-refractivity contribution in [2.24, 2.45) is 5.92 Å². The molecule has 0 aliphatic carbocycles. The molecule has 1 N–H and O–H groups in total. The first kappa shape index (κ1) is 18.1. The summed E-state index contributed by atoms with van der Waals surface area (Å²) in [5, 5.41) is 4.26. The molecule has 0 bridgehead atoms. The van der Waals surface area contributed by atoms with Gasteiger partial charge in [0.15, 0.2) is 0 Å². The van der Waals surface area contributed by atoms with Crippen molar-refractivity contribution in [2.45, 2.75) is 6.42 Å². The van der Waals surface area contributed by atoms with Gasteiger partial charge in [0.1, 0.15) is 11.5 Å². The molecule has 1 heterocycles. The lowest BCUT2D eigenvalue weighted by Gasteiger charge is -2.19. The van der Waals surface area contributed by atoms with E-state index in [1.165, 1.54) is 0 Å². The van der Waals surface area contributed by atoms with Crippen molar-refractivity contribution in [3.63, 3.8) is 0 Å². The highest BCUT2D eigenvalue weighted by molar-refractivity contribution is 6.31. The van der Waals surface area contributed by atoms with Crippen molar-refractivity contribution in [3.05, 3.63) is 58.1 Å². The molecule has 0 radical (unpaired) electrons. The summed E-state index contributed by atoms with van der Waals surface area (Å²) in [5.41, 5.74) is 0.470. The number of nitrogens with one attached hydrogen (secondary N) is 1. The number of amides is 1. The Morgan fingerprint density at radius 1 is 1.24 bits per heavy atom.